The smallest absolute Gasteiger partial charge is 0.268 e. The third kappa shape index (κ3) is 8.22. The van der Waals surface area contributed by atoms with Crippen molar-refractivity contribution < 1.29 is 21.0 Å². The standard InChI is InChI=1S/C4H10O5S3.Na/c1-9-11(5,6)3-4-12(7,8)10-2;/h3-4H2,1-2H3;. The van der Waals surface area contributed by atoms with Crippen molar-refractivity contribution in [2.75, 3.05) is 24.9 Å². The molecule has 0 aliphatic heterocycles. The second kappa shape index (κ2) is 6.65. The van der Waals surface area contributed by atoms with Gasteiger partial charge in [0, 0.05) is 29.6 Å². The summed E-state index contributed by atoms with van der Waals surface area (Å²) < 4.78 is 47.0. The van der Waals surface area contributed by atoms with Crippen LogP contribution in [0.2, 0.25) is 0 Å². The molecule has 0 aromatic heterocycles. The summed E-state index contributed by atoms with van der Waals surface area (Å²) >= 11 is 0. The summed E-state index contributed by atoms with van der Waals surface area (Å²) in [6.45, 7) is 0. The summed E-state index contributed by atoms with van der Waals surface area (Å²) in [7, 11) is -5.33. The van der Waals surface area contributed by atoms with Crippen molar-refractivity contribution in [1.29, 1.82) is 0 Å². The molecule has 13 heavy (non-hydrogen) atoms. The third-order valence-corrected chi connectivity index (χ3v) is 5.80. The largest absolute Gasteiger partial charge is 0.273 e. The van der Waals surface area contributed by atoms with Crippen LogP contribution in [0.3, 0.4) is 0 Å². The van der Waals surface area contributed by atoms with E-state index in [2.05, 4.69) is 4.18 Å². The Morgan fingerprint density at radius 1 is 1.15 bits per heavy atom. The Labute approximate surface area is 104 Å². The van der Waals surface area contributed by atoms with E-state index in [0.717, 1.165) is 7.11 Å². The predicted molar refractivity (Wildman–Crippen MR) is 53.9 cm³/mol. The molecule has 0 aliphatic carbocycles. The van der Waals surface area contributed by atoms with Crippen molar-refractivity contribution in [3.8, 4) is 0 Å². The summed E-state index contributed by atoms with van der Waals surface area (Å²) in [6.07, 6.45) is 1.38. The van der Waals surface area contributed by atoms with E-state index in [1.165, 1.54) is 6.26 Å². The van der Waals surface area contributed by atoms with Crippen molar-refractivity contribution in [3.63, 3.8) is 0 Å². The molecule has 0 fully saturated rings. The number of hydrogen-bond donors (Lipinski definition) is 0. The van der Waals surface area contributed by atoms with Crippen molar-refractivity contribution >= 4 is 59.3 Å². The van der Waals surface area contributed by atoms with Crippen LogP contribution in [0.25, 0.3) is 0 Å². The minimum Gasteiger partial charge on any atom is -0.273 e. The summed E-state index contributed by atoms with van der Waals surface area (Å²) in [5.41, 5.74) is 0. The van der Waals surface area contributed by atoms with E-state index >= 15 is 0 Å². The molecule has 5 nitrogen and oxygen atoms in total. The normalized spacial score (nSPS) is 12.2. The molecule has 0 rings (SSSR count). The van der Waals surface area contributed by atoms with Gasteiger partial charge in [0.15, 0.2) is 0 Å². The summed E-state index contributed by atoms with van der Waals surface area (Å²) in [6, 6.07) is 0. The zero-order valence-electron chi connectivity index (χ0n) is 7.68. The molecule has 0 aliphatic rings. The first-order valence-electron chi connectivity index (χ1n) is 2.89. The van der Waals surface area contributed by atoms with Crippen LogP contribution in [-0.4, -0.2) is 71.3 Å². The van der Waals surface area contributed by atoms with Crippen molar-refractivity contribution in [2.45, 2.75) is 0 Å². The topological polar surface area (TPSA) is 77.5 Å². The van der Waals surface area contributed by atoms with Gasteiger partial charge in [0.05, 0.1) is 18.6 Å². The van der Waals surface area contributed by atoms with E-state index in [4.69, 9.17) is 0 Å². The number of hydrogen-bond acceptors (Lipinski definition) is 6. The minimum atomic E-state index is -3.66. The van der Waals surface area contributed by atoms with Gasteiger partial charge in [-0.15, -0.1) is 0 Å². The minimum absolute atomic E-state index is 0. The van der Waals surface area contributed by atoms with Crippen molar-refractivity contribution in [3.05, 3.63) is 0 Å². The Morgan fingerprint density at radius 2 is 1.62 bits per heavy atom. The monoisotopic (exact) mass is 257 g/mol. The van der Waals surface area contributed by atoms with Gasteiger partial charge in [-0.05, 0) is 17.0 Å². The van der Waals surface area contributed by atoms with Gasteiger partial charge in [0.25, 0.3) is 10.1 Å². The van der Waals surface area contributed by atoms with E-state index in [1.54, 1.807) is 0 Å². The van der Waals surface area contributed by atoms with Crippen molar-refractivity contribution in [2.24, 2.45) is 0 Å². The molecular weight excluding hydrogens is 247 g/mol. The second-order valence-electron chi connectivity index (χ2n) is 1.86. The Bertz CT molecular complexity index is 284. The van der Waals surface area contributed by atoms with E-state index in [-0.39, 0.29) is 29.6 Å². The Balaban J connectivity index is 0. The summed E-state index contributed by atoms with van der Waals surface area (Å²) in [5.74, 6) is -0.906. The van der Waals surface area contributed by atoms with Gasteiger partial charge in [0.1, 0.15) is 0 Å². The maximum Gasteiger partial charge on any atom is 0.268 e. The van der Waals surface area contributed by atoms with Gasteiger partial charge in [-0.25, -0.2) is 8.42 Å². The maximum absolute atomic E-state index is 10.8. The van der Waals surface area contributed by atoms with Crippen LogP contribution in [0, 0.1) is 0 Å². The molecule has 0 saturated carbocycles. The molecule has 0 saturated heterocycles. The predicted octanol–water partition coefficient (Wildman–Crippen LogP) is -0.725. The van der Waals surface area contributed by atoms with Crippen LogP contribution < -0.4 is 0 Å². The Kier molecular flexibility index (Phi) is 8.51. The zero-order valence-corrected chi connectivity index (χ0v) is 12.1. The molecule has 0 heterocycles. The van der Waals surface area contributed by atoms with Gasteiger partial charge in [-0.3, -0.25) is 4.18 Å². The summed E-state index contributed by atoms with van der Waals surface area (Å²) in [5, 5.41) is 0. The SMILES string of the molecule is COS(=O)(=O)CCS(=O)(=O)SC.[Na]. The van der Waals surface area contributed by atoms with Crippen LogP contribution in [0.15, 0.2) is 0 Å². The molecule has 9 heteroatoms. The first-order valence-corrected chi connectivity index (χ1v) is 7.87. The molecule has 0 atom stereocenters. The van der Waals surface area contributed by atoms with Crippen LogP contribution in [0.1, 0.15) is 0 Å². The third-order valence-electron chi connectivity index (χ3n) is 1.09. The summed E-state index contributed by atoms with van der Waals surface area (Å²) in [4.78, 5) is 0. The van der Waals surface area contributed by atoms with E-state index in [0.29, 0.717) is 10.8 Å². The average Bonchev–Trinajstić information content (AvgIpc) is 2.02. The zero-order chi connectivity index (χ0) is 9.83. The first-order chi connectivity index (χ1) is 5.33. The van der Waals surface area contributed by atoms with Gasteiger partial charge in [0.2, 0.25) is 8.87 Å². The molecule has 0 amide bonds. The van der Waals surface area contributed by atoms with E-state index in [1.807, 2.05) is 0 Å². The Hall–Kier alpha value is 1.21. The van der Waals surface area contributed by atoms with Gasteiger partial charge in [-0.1, -0.05) is 0 Å². The molecule has 75 valence electrons. The average molecular weight is 257 g/mol. The van der Waals surface area contributed by atoms with Crippen LogP contribution >= 0.6 is 10.8 Å². The van der Waals surface area contributed by atoms with Gasteiger partial charge >= 0.3 is 0 Å². The molecule has 1 radical (unpaired) electrons. The van der Waals surface area contributed by atoms with Crippen LogP contribution in [0.5, 0.6) is 0 Å². The molecule has 0 unspecified atom stereocenters. The van der Waals surface area contributed by atoms with Crippen LogP contribution in [-0.2, 0) is 23.2 Å². The molecule has 0 spiro atoms. The molecule has 0 aromatic rings. The Morgan fingerprint density at radius 3 is 1.92 bits per heavy atom. The fourth-order valence-electron chi connectivity index (χ4n) is 0.371. The molecule has 0 bridgehead atoms. The van der Waals surface area contributed by atoms with Crippen LogP contribution in [0.4, 0.5) is 0 Å². The molecular formula is C4H10NaO5S3. The van der Waals surface area contributed by atoms with E-state index in [9.17, 15) is 16.8 Å². The van der Waals surface area contributed by atoms with Gasteiger partial charge < -0.3 is 0 Å². The van der Waals surface area contributed by atoms with E-state index < -0.39 is 30.5 Å². The maximum atomic E-state index is 10.8. The molecule has 0 N–H and O–H groups in total. The van der Waals surface area contributed by atoms with Crippen molar-refractivity contribution in [1.82, 2.24) is 0 Å². The van der Waals surface area contributed by atoms with Gasteiger partial charge in [-0.2, -0.15) is 8.42 Å². The molecule has 0 aromatic carbocycles. The quantitative estimate of drug-likeness (QED) is 0.367. The second-order valence-corrected chi connectivity index (χ2v) is 8.09. The first kappa shape index (κ1) is 16.6. The fourth-order valence-corrected chi connectivity index (χ4v) is 3.45. The fraction of sp³-hybridized carbons (Fsp3) is 1.00. The number of rotatable bonds is 5.